The lowest BCUT2D eigenvalue weighted by Gasteiger charge is -2.35. The maximum atomic E-state index is 8.88. The molecular weight excluding hydrogens is 290 g/mol. The van der Waals surface area contributed by atoms with Crippen LogP contribution in [0.3, 0.4) is 0 Å². The molecule has 2 aromatic rings. The van der Waals surface area contributed by atoms with E-state index >= 15 is 0 Å². The van der Waals surface area contributed by atoms with Gasteiger partial charge in [-0.05, 0) is 49.6 Å². The smallest absolute Gasteiger partial charge is 0.119 e. The molecule has 1 aromatic carbocycles. The molecule has 2 heterocycles. The third kappa shape index (κ3) is 3.92. The Hall–Kier alpha value is -1.85. The molecule has 3 rings (SSSR count). The monoisotopic (exact) mass is 315 g/mol. The minimum Gasteiger partial charge on any atom is -0.491 e. The highest BCUT2D eigenvalue weighted by molar-refractivity contribution is 5.29. The van der Waals surface area contributed by atoms with Crippen molar-refractivity contribution in [3.05, 3.63) is 47.3 Å². The number of hydrogen-bond donors (Lipinski definition) is 2. The molecule has 0 saturated carbocycles. The molecule has 23 heavy (non-hydrogen) atoms. The van der Waals surface area contributed by atoms with E-state index in [1.807, 2.05) is 18.3 Å². The Labute approximate surface area is 137 Å². The molecule has 1 atom stereocenters. The third-order valence-electron chi connectivity index (χ3n) is 4.46. The van der Waals surface area contributed by atoms with Gasteiger partial charge in [-0.15, -0.1) is 0 Å². The van der Waals surface area contributed by atoms with Crippen LogP contribution >= 0.6 is 0 Å². The highest BCUT2D eigenvalue weighted by Crippen LogP contribution is 2.32. The van der Waals surface area contributed by atoms with Crippen molar-refractivity contribution in [1.82, 2.24) is 15.1 Å². The van der Waals surface area contributed by atoms with Crippen molar-refractivity contribution in [2.24, 2.45) is 0 Å². The van der Waals surface area contributed by atoms with E-state index in [4.69, 9.17) is 9.84 Å². The van der Waals surface area contributed by atoms with E-state index in [9.17, 15) is 0 Å². The number of aromatic nitrogens is 2. The van der Waals surface area contributed by atoms with Crippen LogP contribution in [0, 0.1) is 6.92 Å². The van der Waals surface area contributed by atoms with Crippen molar-refractivity contribution in [2.75, 3.05) is 19.8 Å². The van der Waals surface area contributed by atoms with Crippen molar-refractivity contribution in [3.8, 4) is 5.75 Å². The van der Waals surface area contributed by atoms with Gasteiger partial charge in [0.1, 0.15) is 12.4 Å². The van der Waals surface area contributed by atoms with Gasteiger partial charge in [-0.1, -0.05) is 18.6 Å². The topological polar surface area (TPSA) is 61.4 Å². The molecule has 5 nitrogen and oxygen atoms in total. The van der Waals surface area contributed by atoms with Gasteiger partial charge in [0.2, 0.25) is 0 Å². The first-order chi connectivity index (χ1) is 11.3. The van der Waals surface area contributed by atoms with Gasteiger partial charge in [0, 0.05) is 6.54 Å². The number of hydrogen-bond acceptors (Lipinski definition) is 4. The van der Waals surface area contributed by atoms with Crippen molar-refractivity contribution < 1.29 is 9.84 Å². The molecule has 1 aliphatic heterocycles. The minimum atomic E-state index is 0.0392. The van der Waals surface area contributed by atoms with Crippen LogP contribution in [0.15, 0.2) is 30.5 Å². The fraction of sp³-hybridized carbons (Fsp3) is 0.500. The zero-order valence-corrected chi connectivity index (χ0v) is 13.7. The first-order valence-corrected chi connectivity index (χ1v) is 8.34. The van der Waals surface area contributed by atoms with Crippen LogP contribution < -0.4 is 4.74 Å². The predicted molar refractivity (Wildman–Crippen MR) is 89.3 cm³/mol. The average molecular weight is 315 g/mol. The molecule has 0 amide bonds. The zero-order chi connectivity index (χ0) is 16.1. The number of ether oxygens (including phenoxy) is 1. The first-order valence-electron chi connectivity index (χ1n) is 8.34. The molecule has 1 aliphatic rings. The van der Waals surface area contributed by atoms with Gasteiger partial charge in [-0.25, -0.2) is 0 Å². The Kier molecular flexibility index (Phi) is 5.31. The van der Waals surface area contributed by atoms with E-state index in [1.165, 1.54) is 36.1 Å². The summed E-state index contributed by atoms with van der Waals surface area (Å²) in [4.78, 5) is 2.52. The summed E-state index contributed by atoms with van der Waals surface area (Å²) in [5.74, 6) is 0.822. The van der Waals surface area contributed by atoms with Gasteiger partial charge in [0.15, 0.2) is 0 Å². The lowest BCUT2D eigenvalue weighted by atomic mass is 9.96. The number of nitrogens with one attached hydrogen (secondary N) is 1. The number of nitrogens with zero attached hydrogens (tertiary/aromatic N) is 2. The molecule has 1 aromatic heterocycles. The molecule has 0 unspecified atom stereocenters. The Morgan fingerprint density at radius 3 is 3.09 bits per heavy atom. The van der Waals surface area contributed by atoms with Crippen LogP contribution in [0.1, 0.15) is 42.1 Å². The molecule has 2 N–H and O–H groups in total. The van der Waals surface area contributed by atoms with Crippen molar-refractivity contribution in [2.45, 2.75) is 38.8 Å². The lowest BCUT2D eigenvalue weighted by Crippen LogP contribution is -2.33. The van der Waals surface area contributed by atoms with Crippen molar-refractivity contribution in [3.63, 3.8) is 0 Å². The largest absolute Gasteiger partial charge is 0.491 e. The predicted octanol–water partition coefficient (Wildman–Crippen LogP) is 2.82. The molecule has 5 heteroatoms. The number of H-pyrrole nitrogens is 1. The Bertz CT molecular complexity index is 626. The molecule has 0 radical (unpaired) electrons. The summed E-state index contributed by atoms with van der Waals surface area (Å²) in [5, 5.41) is 16.3. The summed E-state index contributed by atoms with van der Waals surface area (Å²) in [6.45, 7) is 4.50. The Morgan fingerprint density at radius 1 is 1.39 bits per heavy atom. The SMILES string of the molecule is Cc1cn[nH]c1[C@H]1CCCCN1Cc1cccc(OCCO)c1. The number of rotatable bonds is 6. The van der Waals surface area contributed by atoms with Crippen LogP contribution in [0.4, 0.5) is 0 Å². The number of aromatic amines is 1. The van der Waals surface area contributed by atoms with Crippen molar-refractivity contribution >= 4 is 0 Å². The van der Waals surface area contributed by atoms with E-state index < -0.39 is 0 Å². The molecule has 124 valence electrons. The normalized spacial score (nSPS) is 19.0. The number of aliphatic hydroxyl groups is 1. The maximum absolute atomic E-state index is 8.88. The van der Waals surface area contributed by atoms with Gasteiger partial charge < -0.3 is 9.84 Å². The van der Waals surface area contributed by atoms with Crippen LogP contribution in [0.2, 0.25) is 0 Å². The average Bonchev–Trinajstić information content (AvgIpc) is 3.00. The van der Waals surface area contributed by atoms with E-state index in [0.717, 1.165) is 18.8 Å². The summed E-state index contributed by atoms with van der Waals surface area (Å²) in [6, 6.07) is 8.57. The van der Waals surface area contributed by atoms with Crippen LogP contribution in [0.25, 0.3) is 0 Å². The molecule has 1 fully saturated rings. The summed E-state index contributed by atoms with van der Waals surface area (Å²) in [7, 11) is 0. The van der Waals surface area contributed by atoms with Crippen LogP contribution in [-0.4, -0.2) is 40.0 Å². The highest BCUT2D eigenvalue weighted by atomic mass is 16.5. The first kappa shape index (κ1) is 16.0. The Morgan fingerprint density at radius 2 is 2.30 bits per heavy atom. The second-order valence-electron chi connectivity index (χ2n) is 6.17. The Balaban J connectivity index is 1.73. The molecule has 0 spiro atoms. The fourth-order valence-corrected chi connectivity index (χ4v) is 3.33. The summed E-state index contributed by atoms with van der Waals surface area (Å²) >= 11 is 0. The van der Waals surface area contributed by atoms with Gasteiger partial charge in [-0.3, -0.25) is 10.00 Å². The second kappa shape index (κ2) is 7.62. The van der Waals surface area contributed by atoms with Gasteiger partial charge in [-0.2, -0.15) is 5.10 Å². The fourth-order valence-electron chi connectivity index (χ4n) is 3.33. The third-order valence-corrected chi connectivity index (χ3v) is 4.46. The number of benzene rings is 1. The number of aryl methyl sites for hydroxylation is 1. The quantitative estimate of drug-likeness (QED) is 0.860. The summed E-state index contributed by atoms with van der Waals surface area (Å²) in [6.07, 6.45) is 5.58. The zero-order valence-electron chi connectivity index (χ0n) is 13.7. The van der Waals surface area contributed by atoms with Crippen molar-refractivity contribution in [1.29, 1.82) is 0 Å². The number of likely N-dealkylation sites (tertiary alicyclic amines) is 1. The molecular formula is C18H25N3O2. The van der Waals surface area contributed by atoms with E-state index in [-0.39, 0.29) is 6.61 Å². The highest BCUT2D eigenvalue weighted by Gasteiger charge is 2.26. The molecule has 0 aliphatic carbocycles. The standard InChI is InChI=1S/C18H25N3O2/c1-14-12-19-20-18(14)17-7-2-3-8-21(17)13-15-5-4-6-16(11-15)23-10-9-22/h4-6,11-12,17,22H,2-3,7-10,13H2,1H3,(H,19,20)/t17-/m1/s1. The molecule has 0 bridgehead atoms. The summed E-state index contributed by atoms with van der Waals surface area (Å²) < 4.78 is 5.52. The van der Waals surface area contributed by atoms with Crippen LogP contribution in [-0.2, 0) is 6.54 Å². The van der Waals surface area contributed by atoms with Crippen LogP contribution in [0.5, 0.6) is 5.75 Å². The van der Waals surface area contributed by atoms with E-state index in [2.05, 4.69) is 34.2 Å². The van der Waals surface area contributed by atoms with Gasteiger partial charge in [0.05, 0.1) is 24.5 Å². The number of piperidine rings is 1. The van der Waals surface area contributed by atoms with Gasteiger partial charge in [0.25, 0.3) is 0 Å². The molecule has 1 saturated heterocycles. The lowest BCUT2D eigenvalue weighted by molar-refractivity contribution is 0.136. The number of aliphatic hydroxyl groups excluding tert-OH is 1. The maximum Gasteiger partial charge on any atom is 0.119 e. The van der Waals surface area contributed by atoms with E-state index in [0.29, 0.717) is 12.6 Å². The second-order valence-corrected chi connectivity index (χ2v) is 6.17. The van der Waals surface area contributed by atoms with Gasteiger partial charge >= 0.3 is 0 Å². The van der Waals surface area contributed by atoms with E-state index in [1.54, 1.807) is 0 Å². The minimum absolute atomic E-state index is 0.0392. The summed E-state index contributed by atoms with van der Waals surface area (Å²) in [5.41, 5.74) is 3.73.